The average molecular weight is 410 g/mol. The lowest BCUT2D eigenvalue weighted by molar-refractivity contribution is -0.289. The molecule has 1 aromatic rings. The van der Waals surface area contributed by atoms with E-state index in [1.54, 1.807) is 20.8 Å². The standard InChI is InChI=1S/C18H23F5N2O3/c1-16(2,3)28-15(26)14(12-5-4-8-25-12)27-13-9-10(24)6-7-11(13)17(19,20)18(21,22)23/h6-7,9,12,14,25H,4-5,8,24H2,1-3H3/t12?,14-/m0/s1. The fourth-order valence-electron chi connectivity index (χ4n) is 2.81. The van der Waals surface area contributed by atoms with E-state index in [1.165, 1.54) is 0 Å². The summed E-state index contributed by atoms with van der Waals surface area (Å²) in [7, 11) is 0. The number of anilines is 1. The van der Waals surface area contributed by atoms with Crippen LogP contribution < -0.4 is 15.8 Å². The molecule has 0 aliphatic carbocycles. The van der Waals surface area contributed by atoms with Gasteiger partial charge in [0, 0.05) is 11.8 Å². The number of hydrogen-bond acceptors (Lipinski definition) is 5. The van der Waals surface area contributed by atoms with Gasteiger partial charge in [0.2, 0.25) is 6.10 Å². The van der Waals surface area contributed by atoms with E-state index in [2.05, 4.69) is 5.32 Å². The molecule has 28 heavy (non-hydrogen) atoms. The third kappa shape index (κ3) is 5.03. The number of carbonyl (C=O) groups excluding carboxylic acids is 1. The molecule has 1 aliphatic heterocycles. The summed E-state index contributed by atoms with van der Waals surface area (Å²) in [5.74, 6) is -6.86. The molecule has 1 saturated heterocycles. The highest BCUT2D eigenvalue weighted by Crippen LogP contribution is 2.47. The minimum absolute atomic E-state index is 0.0842. The highest BCUT2D eigenvalue weighted by atomic mass is 19.4. The third-order valence-corrected chi connectivity index (χ3v) is 4.06. The minimum atomic E-state index is -5.84. The zero-order valence-electron chi connectivity index (χ0n) is 15.7. The number of rotatable bonds is 5. The summed E-state index contributed by atoms with van der Waals surface area (Å²) in [5, 5.41) is 2.98. The van der Waals surface area contributed by atoms with Gasteiger partial charge in [0.15, 0.2) is 0 Å². The lowest BCUT2D eigenvalue weighted by Gasteiger charge is -2.29. The van der Waals surface area contributed by atoms with Crippen molar-refractivity contribution >= 4 is 11.7 Å². The molecule has 0 saturated carbocycles. The molecular formula is C18H23F5N2O3. The van der Waals surface area contributed by atoms with Crippen molar-refractivity contribution < 1.29 is 36.2 Å². The predicted octanol–water partition coefficient (Wildman–Crippen LogP) is 3.76. The first-order chi connectivity index (χ1) is 12.7. The van der Waals surface area contributed by atoms with Crippen LogP contribution in [0.5, 0.6) is 5.75 Å². The van der Waals surface area contributed by atoms with Crippen LogP contribution in [0.1, 0.15) is 39.2 Å². The summed E-state index contributed by atoms with van der Waals surface area (Å²) in [5.41, 5.74) is 3.15. The van der Waals surface area contributed by atoms with E-state index in [4.69, 9.17) is 15.2 Å². The number of nitrogen functional groups attached to an aromatic ring is 1. The van der Waals surface area contributed by atoms with Gasteiger partial charge >= 0.3 is 18.1 Å². The number of nitrogens with one attached hydrogen (secondary N) is 1. The molecule has 5 nitrogen and oxygen atoms in total. The van der Waals surface area contributed by atoms with Crippen LogP contribution in [-0.4, -0.2) is 36.4 Å². The highest BCUT2D eigenvalue weighted by Gasteiger charge is 2.60. The van der Waals surface area contributed by atoms with Gasteiger partial charge in [0.05, 0.1) is 11.6 Å². The maximum Gasteiger partial charge on any atom is 0.458 e. The monoisotopic (exact) mass is 410 g/mol. The van der Waals surface area contributed by atoms with Crippen LogP contribution >= 0.6 is 0 Å². The highest BCUT2D eigenvalue weighted by molar-refractivity contribution is 5.77. The molecule has 1 fully saturated rings. The van der Waals surface area contributed by atoms with Crippen LogP contribution in [0.25, 0.3) is 0 Å². The van der Waals surface area contributed by atoms with Crippen LogP contribution in [0, 0.1) is 0 Å². The Bertz CT molecular complexity index is 710. The summed E-state index contributed by atoms with van der Waals surface area (Å²) in [6.07, 6.45) is -6.09. The molecule has 3 N–H and O–H groups in total. The summed E-state index contributed by atoms with van der Waals surface area (Å²) >= 11 is 0. The Hall–Kier alpha value is -2.10. The van der Waals surface area contributed by atoms with Crippen LogP contribution in [0.3, 0.4) is 0 Å². The molecular weight excluding hydrogens is 387 g/mol. The van der Waals surface area contributed by atoms with Crippen molar-refractivity contribution in [3.05, 3.63) is 23.8 Å². The number of esters is 1. The number of carbonyl (C=O) groups is 1. The lowest BCUT2D eigenvalue weighted by atomic mass is 10.0. The summed E-state index contributed by atoms with van der Waals surface area (Å²) in [4.78, 5) is 12.6. The Kier molecular flexibility index (Phi) is 6.13. The van der Waals surface area contributed by atoms with E-state index in [0.717, 1.165) is 12.1 Å². The van der Waals surface area contributed by atoms with Crippen molar-refractivity contribution in [2.45, 2.75) is 63.5 Å². The molecule has 10 heteroatoms. The van der Waals surface area contributed by atoms with Gasteiger partial charge < -0.3 is 20.5 Å². The Morgan fingerprint density at radius 1 is 1.21 bits per heavy atom. The molecule has 1 aliphatic rings. The van der Waals surface area contributed by atoms with Crippen LogP contribution in [-0.2, 0) is 15.5 Å². The number of alkyl halides is 5. The van der Waals surface area contributed by atoms with Crippen molar-refractivity contribution in [2.24, 2.45) is 0 Å². The first kappa shape index (κ1) is 22.2. The van der Waals surface area contributed by atoms with Gasteiger partial charge in [0.1, 0.15) is 11.4 Å². The summed E-state index contributed by atoms with van der Waals surface area (Å²) in [6.45, 7) is 5.37. The van der Waals surface area contributed by atoms with Crippen molar-refractivity contribution in [3.8, 4) is 5.75 Å². The molecule has 1 aromatic carbocycles. The molecule has 1 unspecified atom stereocenters. The molecule has 0 aromatic heterocycles. The second kappa shape index (κ2) is 7.73. The fraction of sp³-hybridized carbons (Fsp3) is 0.611. The maximum absolute atomic E-state index is 14.0. The van der Waals surface area contributed by atoms with Gasteiger partial charge in [-0.25, -0.2) is 4.79 Å². The van der Waals surface area contributed by atoms with Gasteiger partial charge in [-0.3, -0.25) is 0 Å². The summed E-state index contributed by atoms with van der Waals surface area (Å²) < 4.78 is 77.3. The normalized spacial score (nSPS) is 19.4. The number of hydrogen-bond donors (Lipinski definition) is 2. The minimum Gasteiger partial charge on any atom is -0.476 e. The summed E-state index contributed by atoms with van der Waals surface area (Å²) in [6, 6.07) is 1.72. The molecule has 0 radical (unpaired) electrons. The molecule has 0 spiro atoms. The molecule has 0 amide bonds. The van der Waals surface area contributed by atoms with E-state index in [9.17, 15) is 26.7 Å². The van der Waals surface area contributed by atoms with E-state index < -0.39 is 47.1 Å². The van der Waals surface area contributed by atoms with Gasteiger partial charge in [-0.15, -0.1) is 0 Å². The SMILES string of the molecule is CC(C)(C)OC(=O)[C@@H](Oc1cc(N)ccc1C(F)(F)C(F)(F)F)C1CCCN1. The van der Waals surface area contributed by atoms with Crippen LogP contribution in [0.4, 0.5) is 27.6 Å². The third-order valence-electron chi connectivity index (χ3n) is 4.06. The largest absolute Gasteiger partial charge is 0.476 e. The molecule has 0 bridgehead atoms. The number of nitrogens with two attached hydrogens (primary N) is 1. The fourth-order valence-corrected chi connectivity index (χ4v) is 2.81. The maximum atomic E-state index is 14.0. The van der Waals surface area contributed by atoms with E-state index >= 15 is 0 Å². The Morgan fingerprint density at radius 2 is 1.86 bits per heavy atom. The number of ether oxygens (including phenoxy) is 2. The molecule has 1 heterocycles. The lowest BCUT2D eigenvalue weighted by Crippen LogP contribution is -2.47. The number of benzene rings is 1. The van der Waals surface area contributed by atoms with E-state index in [1.807, 2.05) is 0 Å². The van der Waals surface area contributed by atoms with Crippen molar-refractivity contribution in [1.29, 1.82) is 0 Å². The van der Waals surface area contributed by atoms with E-state index in [-0.39, 0.29) is 5.69 Å². The Balaban J connectivity index is 2.43. The first-order valence-electron chi connectivity index (χ1n) is 8.70. The van der Waals surface area contributed by atoms with Gasteiger partial charge in [-0.1, -0.05) is 0 Å². The second-order valence-corrected chi connectivity index (χ2v) is 7.60. The first-order valence-corrected chi connectivity index (χ1v) is 8.70. The van der Waals surface area contributed by atoms with Crippen molar-refractivity contribution in [2.75, 3.05) is 12.3 Å². The molecule has 2 atom stereocenters. The van der Waals surface area contributed by atoms with Gasteiger partial charge in [-0.2, -0.15) is 22.0 Å². The zero-order valence-corrected chi connectivity index (χ0v) is 15.7. The molecule has 158 valence electrons. The average Bonchev–Trinajstić information content (AvgIpc) is 3.03. The van der Waals surface area contributed by atoms with E-state index in [0.29, 0.717) is 25.5 Å². The Morgan fingerprint density at radius 3 is 2.36 bits per heavy atom. The predicted molar refractivity (Wildman–Crippen MR) is 92.1 cm³/mol. The van der Waals surface area contributed by atoms with Gasteiger partial charge in [-0.05, 0) is 52.3 Å². The smallest absolute Gasteiger partial charge is 0.458 e. The van der Waals surface area contributed by atoms with Crippen LogP contribution in [0.15, 0.2) is 18.2 Å². The topological polar surface area (TPSA) is 73.6 Å². The Labute approximate surface area is 159 Å². The zero-order chi connectivity index (χ0) is 21.3. The van der Waals surface area contributed by atoms with Gasteiger partial charge in [0.25, 0.3) is 0 Å². The second-order valence-electron chi connectivity index (χ2n) is 7.60. The van der Waals surface area contributed by atoms with Crippen molar-refractivity contribution in [3.63, 3.8) is 0 Å². The van der Waals surface area contributed by atoms with Crippen molar-refractivity contribution in [1.82, 2.24) is 5.32 Å². The van der Waals surface area contributed by atoms with Crippen LogP contribution in [0.2, 0.25) is 0 Å². The number of halogens is 5. The molecule has 2 rings (SSSR count). The quantitative estimate of drug-likeness (QED) is 0.439.